The lowest BCUT2D eigenvalue weighted by molar-refractivity contribution is 0.512. The Kier molecular flexibility index (Phi) is 3.80. The normalized spacial score (nSPS) is 11.3. The fourth-order valence-corrected chi connectivity index (χ4v) is 2.96. The van der Waals surface area contributed by atoms with Crippen LogP contribution in [0, 0.1) is 6.92 Å². The molecule has 0 saturated carbocycles. The Balaban J connectivity index is 1.63. The molecular formula is C13H16N6OS. The number of aromatic nitrogens is 5. The van der Waals surface area contributed by atoms with Gasteiger partial charge in [0.1, 0.15) is 5.39 Å². The van der Waals surface area contributed by atoms with Crippen molar-refractivity contribution in [2.45, 2.75) is 20.0 Å². The monoisotopic (exact) mass is 304 g/mol. The quantitative estimate of drug-likeness (QED) is 0.702. The maximum absolute atomic E-state index is 12.2. The third-order valence-corrected chi connectivity index (χ3v) is 4.22. The summed E-state index contributed by atoms with van der Waals surface area (Å²) in [4.78, 5) is 14.8. The third kappa shape index (κ3) is 2.86. The van der Waals surface area contributed by atoms with Crippen molar-refractivity contribution in [2.24, 2.45) is 7.05 Å². The number of hydrogen-bond donors (Lipinski definition) is 1. The van der Waals surface area contributed by atoms with E-state index < -0.39 is 0 Å². The Labute approximate surface area is 125 Å². The summed E-state index contributed by atoms with van der Waals surface area (Å²) in [5, 5.41) is 15.8. The molecule has 0 bridgehead atoms. The van der Waals surface area contributed by atoms with E-state index in [-0.39, 0.29) is 5.56 Å². The average molecular weight is 304 g/mol. The van der Waals surface area contributed by atoms with E-state index in [2.05, 4.69) is 39.8 Å². The van der Waals surface area contributed by atoms with Crippen molar-refractivity contribution in [3.8, 4) is 0 Å². The van der Waals surface area contributed by atoms with Gasteiger partial charge in [-0.05, 0) is 19.1 Å². The van der Waals surface area contributed by atoms with Gasteiger partial charge in [0.15, 0.2) is 5.65 Å². The minimum atomic E-state index is -0.151. The van der Waals surface area contributed by atoms with Gasteiger partial charge in [0.05, 0.1) is 12.7 Å². The first-order valence-electron chi connectivity index (χ1n) is 6.66. The minimum Gasteiger partial charge on any atom is -0.310 e. The molecule has 0 fully saturated rings. The summed E-state index contributed by atoms with van der Waals surface area (Å²) in [5.74, 6) is 0. The van der Waals surface area contributed by atoms with Gasteiger partial charge in [-0.1, -0.05) is 5.21 Å². The lowest BCUT2D eigenvalue weighted by atomic mass is 10.4. The molecule has 0 saturated heterocycles. The van der Waals surface area contributed by atoms with E-state index in [1.807, 2.05) is 0 Å². The molecule has 0 atom stereocenters. The van der Waals surface area contributed by atoms with Crippen LogP contribution in [0.3, 0.4) is 0 Å². The van der Waals surface area contributed by atoms with Crippen LogP contribution in [0.4, 0.5) is 0 Å². The maximum atomic E-state index is 12.2. The highest BCUT2D eigenvalue weighted by atomic mass is 32.1. The number of nitrogens with zero attached hydrogens (tertiary/aromatic N) is 5. The van der Waals surface area contributed by atoms with Crippen molar-refractivity contribution in [1.82, 2.24) is 30.1 Å². The first-order chi connectivity index (χ1) is 10.1. The van der Waals surface area contributed by atoms with E-state index in [0.29, 0.717) is 24.1 Å². The molecule has 1 N–H and O–H groups in total. The van der Waals surface area contributed by atoms with Crippen molar-refractivity contribution in [1.29, 1.82) is 0 Å². The Morgan fingerprint density at radius 1 is 1.38 bits per heavy atom. The molecule has 3 aromatic heterocycles. The molecule has 0 unspecified atom stereocenters. The molecule has 3 heterocycles. The summed E-state index contributed by atoms with van der Waals surface area (Å²) >= 11 is 1.77. The first-order valence-corrected chi connectivity index (χ1v) is 7.48. The van der Waals surface area contributed by atoms with Gasteiger partial charge in [-0.25, -0.2) is 9.36 Å². The van der Waals surface area contributed by atoms with Crippen LogP contribution in [0.15, 0.2) is 23.1 Å². The number of hydrogen-bond acceptors (Lipinski definition) is 6. The van der Waals surface area contributed by atoms with Gasteiger partial charge in [-0.3, -0.25) is 4.79 Å². The molecule has 3 aromatic rings. The SMILES string of the molecule is Cc1ccc(CNCCn2nnc3c(cnn3C)c2=O)s1. The second kappa shape index (κ2) is 5.74. The minimum absolute atomic E-state index is 0.151. The third-order valence-electron chi connectivity index (χ3n) is 3.22. The van der Waals surface area contributed by atoms with E-state index in [1.54, 1.807) is 23.1 Å². The Morgan fingerprint density at radius 2 is 2.24 bits per heavy atom. The van der Waals surface area contributed by atoms with Crippen molar-refractivity contribution in [3.63, 3.8) is 0 Å². The Hall–Kier alpha value is -2.06. The second-order valence-electron chi connectivity index (χ2n) is 4.81. The van der Waals surface area contributed by atoms with Crippen LogP contribution in [0.1, 0.15) is 9.75 Å². The molecule has 0 radical (unpaired) electrons. The molecular weight excluding hydrogens is 288 g/mol. The summed E-state index contributed by atoms with van der Waals surface area (Å²) in [6.07, 6.45) is 1.53. The van der Waals surface area contributed by atoms with Crippen molar-refractivity contribution in [2.75, 3.05) is 6.54 Å². The van der Waals surface area contributed by atoms with Crippen molar-refractivity contribution >= 4 is 22.4 Å². The van der Waals surface area contributed by atoms with E-state index in [0.717, 1.165) is 6.54 Å². The van der Waals surface area contributed by atoms with E-state index in [1.165, 1.54) is 20.6 Å². The molecule has 8 heteroatoms. The molecule has 0 aliphatic carbocycles. The molecule has 0 aromatic carbocycles. The van der Waals surface area contributed by atoms with Crippen LogP contribution < -0.4 is 10.9 Å². The van der Waals surface area contributed by atoms with Gasteiger partial charge in [-0.2, -0.15) is 5.10 Å². The fourth-order valence-electron chi connectivity index (χ4n) is 2.10. The largest absolute Gasteiger partial charge is 0.310 e. The Morgan fingerprint density at radius 3 is 3.00 bits per heavy atom. The lowest BCUT2D eigenvalue weighted by Gasteiger charge is -2.04. The molecule has 0 aliphatic heterocycles. The summed E-state index contributed by atoms with van der Waals surface area (Å²) in [7, 11) is 1.74. The number of fused-ring (bicyclic) bond motifs is 1. The van der Waals surface area contributed by atoms with Gasteiger partial charge in [-0.15, -0.1) is 16.4 Å². The molecule has 3 rings (SSSR count). The van der Waals surface area contributed by atoms with Gasteiger partial charge < -0.3 is 5.32 Å². The summed E-state index contributed by atoms with van der Waals surface area (Å²) in [5.41, 5.74) is 0.361. The summed E-state index contributed by atoms with van der Waals surface area (Å²) in [6.45, 7) is 4.04. The molecule has 0 amide bonds. The van der Waals surface area contributed by atoms with E-state index in [9.17, 15) is 4.79 Å². The van der Waals surface area contributed by atoms with E-state index in [4.69, 9.17) is 0 Å². The predicted molar refractivity (Wildman–Crippen MR) is 81.3 cm³/mol. The van der Waals surface area contributed by atoms with Crippen LogP contribution >= 0.6 is 11.3 Å². The van der Waals surface area contributed by atoms with E-state index >= 15 is 0 Å². The van der Waals surface area contributed by atoms with Crippen LogP contribution in [-0.2, 0) is 20.1 Å². The first kappa shape index (κ1) is 13.9. The van der Waals surface area contributed by atoms with Gasteiger partial charge in [0.25, 0.3) is 5.56 Å². The molecule has 0 spiro atoms. The maximum Gasteiger partial charge on any atom is 0.280 e. The molecule has 0 aliphatic rings. The zero-order valence-corrected chi connectivity index (χ0v) is 12.7. The van der Waals surface area contributed by atoms with Crippen LogP contribution in [0.5, 0.6) is 0 Å². The molecule has 21 heavy (non-hydrogen) atoms. The highest BCUT2D eigenvalue weighted by Crippen LogP contribution is 2.14. The van der Waals surface area contributed by atoms with Gasteiger partial charge in [0.2, 0.25) is 0 Å². The predicted octanol–water partition coefficient (Wildman–Crippen LogP) is 0.685. The number of rotatable bonds is 5. The summed E-state index contributed by atoms with van der Waals surface area (Å²) < 4.78 is 2.92. The smallest absolute Gasteiger partial charge is 0.280 e. The highest BCUT2D eigenvalue weighted by Gasteiger charge is 2.08. The van der Waals surface area contributed by atoms with Gasteiger partial charge >= 0.3 is 0 Å². The topological polar surface area (TPSA) is 77.6 Å². The van der Waals surface area contributed by atoms with Crippen molar-refractivity contribution in [3.05, 3.63) is 38.4 Å². The summed E-state index contributed by atoms with van der Waals surface area (Å²) in [6, 6.07) is 4.22. The standard InChI is InChI=1S/C13H16N6OS/c1-9-3-4-10(21-9)7-14-5-6-19-13(20)11-8-15-18(2)12(11)16-17-19/h3-4,8,14H,5-7H2,1-2H3. The Bertz CT molecular complexity index is 818. The average Bonchev–Trinajstić information content (AvgIpc) is 3.04. The van der Waals surface area contributed by atoms with Crippen LogP contribution in [0.25, 0.3) is 11.0 Å². The lowest BCUT2D eigenvalue weighted by Crippen LogP contribution is -2.29. The second-order valence-corrected chi connectivity index (χ2v) is 6.18. The highest BCUT2D eigenvalue weighted by molar-refractivity contribution is 7.11. The fraction of sp³-hybridized carbons (Fsp3) is 0.385. The molecule has 7 nitrogen and oxygen atoms in total. The molecule has 110 valence electrons. The van der Waals surface area contributed by atoms with Crippen LogP contribution in [-0.4, -0.2) is 31.3 Å². The number of aryl methyl sites for hydroxylation is 2. The number of thiophene rings is 1. The van der Waals surface area contributed by atoms with Crippen molar-refractivity contribution < 1.29 is 0 Å². The van der Waals surface area contributed by atoms with Crippen LogP contribution in [0.2, 0.25) is 0 Å². The van der Waals surface area contributed by atoms with Gasteiger partial charge in [0, 0.05) is 29.9 Å². The zero-order valence-electron chi connectivity index (χ0n) is 11.9. The number of nitrogens with one attached hydrogen (secondary N) is 1. The zero-order chi connectivity index (χ0) is 14.8.